The molecule has 2 rings (SSSR count). The second-order valence-electron chi connectivity index (χ2n) is 4.99. The minimum atomic E-state index is 0.00572. The summed E-state index contributed by atoms with van der Waals surface area (Å²) in [6, 6.07) is 2.03. The van der Waals surface area contributed by atoms with Gasteiger partial charge in [0, 0.05) is 26.2 Å². The summed E-state index contributed by atoms with van der Waals surface area (Å²) < 4.78 is 0. The standard InChI is InChI=1S/C14H20ClN3O/c1-5-9-10(6-2)17(3)11-7-13(15)16-8-12(11)18(4)14(9)19/h7-10H,5-6H2,1-4H3. The van der Waals surface area contributed by atoms with Gasteiger partial charge in [0.1, 0.15) is 5.15 Å². The molecule has 0 spiro atoms. The fourth-order valence-electron chi connectivity index (χ4n) is 2.94. The van der Waals surface area contributed by atoms with Crippen molar-refractivity contribution < 1.29 is 4.79 Å². The van der Waals surface area contributed by atoms with Gasteiger partial charge in [-0.2, -0.15) is 0 Å². The van der Waals surface area contributed by atoms with Crippen LogP contribution in [-0.2, 0) is 4.79 Å². The van der Waals surface area contributed by atoms with E-state index in [4.69, 9.17) is 11.6 Å². The summed E-state index contributed by atoms with van der Waals surface area (Å²) >= 11 is 6.00. The van der Waals surface area contributed by atoms with E-state index in [1.165, 1.54) is 0 Å². The minimum absolute atomic E-state index is 0.00572. The van der Waals surface area contributed by atoms with Crippen LogP contribution in [0.5, 0.6) is 0 Å². The maximum absolute atomic E-state index is 12.6. The normalized spacial score (nSPS) is 23.3. The first-order valence-corrected chi connectivity index (χ1v) is 7.05. The Balaban J connectivity index is 2.58. The lowest BCUT2D eigenvalue weighted by Gasteiger charge is -2.31. The predicted octanol–water partition coefficient (Wildman–Crippen LogP) is 2.95. The molecule has 0 aromatic carbocycles. The van der Waals surface area contributed by atoms with Gasteiger partial charge in [-0.05, 0) is 12.8 Å². The molecular formula is C14H20ClN3O. The predicted molar refractivity (Wildman–Crippen MR) is 78.9 cm³/mol. The van der Waals surface area contributed by atoms with Gasteiger partial charge in [-0.3, -0.25) is 4.79 Å². The Morgan fingerprint density at radius 1 is 1.26 bits per heavy atom. The minimum Gasteiger partial charge on any atom is -0.369 e. The Kier molecular flexibility index (Phi) is 3.99. The molecule has 0 fully saturated rings. The second kappa shape index (κ2) is 5.37. The molecule has 0 radical (unpaired) electrons. The van der Waals surface area contributed by atoms with Gasteiger partial charge in [0.15, 0.2) is 0 Å². The molecule has 0 saturated carbocycles. The fraction of sp³-hybridized carbons (Fsp3) is 0.571. The number of fused-ring (bicyclic) bond motifs is 1. The van der Waals surface area contributed by atoms with E-state index in [0.717, 1.165) is 24.2 Å². The molecule has 1 aliphatic heterocycles. The first kappa shape index (κ1) is 14.1. The van der Waals surface area contributed by atoms with Crippen molar-refractivity contribution in [3.05, 3.63) is 17.4 Å². The molecular weight excluding hydrogens is 262 g/mol. The summed E-state index contributed by atoms with van der Waals surface area (Å²) in [7, 11) is 3.84. The Morgan fingerprint density at radius 2 is 1.95 bits per heavy atom. The van der Waals surface area contributed by atoms with Crippen molar-refractivity contribution in [2.24, 2.45) is 5.92 Å². The van der Waals surface area contributed by atoms with Gasteiger partial charge < -0.3 is 9.80 Å². The van der Waals surface area contributed by atoms with Crippen LogP contribution in [0.1, 0.15) is 26.7 Å². The highest BCUT2D eigenvalue weighted by molar-refractivity contribution is 6.29. The van der Waals surface area contributed by atoms with E-state index < -0.39 is 0 Å². The van der Waals surface area contributed by atoms with E-state index in [2.05, 4.69) is 23.7 Å². The molecule has 5 heteroatoms. The highest BCUT2D eigenvalue weighted by atomic mass is 35.5. The van der Waals surface area contributed by atoms with E-state index in [1.54, 1.807) is 11.1 Å². The zero-order chi connectivity index (χ0) is 14.2. The number of amides is 1. The third-order valence-electron chi connectivity index (χ3n) is 4.04. The van der Waals surface area contributed by atoms with Crippen LogP contribution in [0.4, 0.5) is 11.4 Å². The monoisotopic (exact) mass is 281 g/mol. The molecule has 2 atom stereocenters. The van der Waals surface area contributed by atoms with Crippen molar-refractivity contribution >= 4 is 28.9 Å². The van der Waals surface area contributed by atoms with E-state index in [-0.39, 0.29) is 17.9 Å². The molecule has 4 nitrogen and oxygen atoms in total. The van der Waals surface area contributed by atoms with Crippen molar-refractivity contribution in [2.75, 3.05) is 23.9 Å². The Hall–Kier alpha value is -1.29. The lowest BCUT2D eigenvalue weighted by Crippen LogP contribution is -2.42. The van der Waals surface area contributed by atoms with Crippen LogP contribution in [0.25, 0.3) is 0 Å². The first-order valence-electron chi connectivity index (χ1n) is 6.67. The van der Waals surface area contributed by atoms with Gasteiger partial charge in [-0.15, -0.1) is 0 Å². The van der Waals surface area contributed by atoms with Crippen LogP contribution in [0.15, 0.2) is 12.3 Å². The third kappa shape index (κ3) is 2.29. The van der Waals surface area contributed by atoms with Gasteiger partial charge >= 0.3 is 0 Å². The zero-order valence-corrected chi connectivity index (χ0v) is 12.6. The Morgan fingerprint density at radius 3 is 2.53 bits per heavy atom. The molecule has 0 aliphatic carbocycles. The number of anilines is 2. The Bertz CT molecular complexity index is 492. The molecule has 1 amide bonds. The van der Waals surface area contributed by atoms with E-state index in [0.29, 0.717) is 5.15 Å². The van der Waals surface area contributed by atoms with Crippen molar-refractivity contribution in [3.8, 4) is 0 Å². The smallest absolute Gasteiger partial charge is 0.232 e. The summed E-state index contributed by atoms with van der Waals surface area (Å²) in [5.74, 6) is 0.162. The average Bonchev–Trinajstić information content (AvgIpc) is 2.48. The number of halogens is 1. The molecule has 1 aliphatic rings. The fourth-order valence-corrected chi connectivity index (χ4v) is 3.09. The number of aromatic nitrogens is 1. The van der Waals surface area contributed by atoms with Crippen LogP contribution in [0.3, 0.4) is 0 Å². The molecule has 0 N–H and O–H groups in total. The van der Waals surface area contributed by atoms with Crippen LogP contribution >= 0.6 is 11.6 Å². The number of hydrogen-bond donors (Lipinski definition) is 0. The van der Waals surface area contributed by atoms with Crippen molar-refractivity contribution in [1.29, 1.82) is 0 Å². The van der Waals surface area contributed by atoms with Crippen molar-refractivity contribution in [1.82, 2.24) is 4.98 Å². The summed E-state index contributed by atoms with van der Waals surface area (Å²) in [4.78, 5) is 20.5. The number of nitrogens with zero attached hydrogens (tertiary/aromatic N) is 3. The second-order valence-corrected chi connectivity index (χ2v) is 5.38. The van der Waals surface area contributed by atoms with Gasteiger partial charge in [0.25, 0.3) is 0 Å². The molecule has 1 aromatic rings. The summed E-state index contributed by atoms with van der Waals surface area (Å²) in [6.45, 7) is 4.18. The average molecular weight is 282 g/mol. The number of carbonyl (C=O) groups excluding carboxylic acids is 1. The summed E-state index contributed by atoms with van der Waals surface area (Å²) in [5, 5.41) is 0.455. The lowest BCUT2D eigenvalue weighted by atomic mass is 9.93. The molecule has 1 aromatic heterocycles. The molecule has 0 saturated heterocycles. The molecule has 2 unspecified atom stereocenters. The maximum Gasteiger partial charge on any atom is 0.232 e. The van der Waals surface area contributed by atoms with Gasteiger partial charge in [0.05, 0.1) is 23.5 Å². The number of hydrogen-bond acceptors (Lipinski definition) is 3. The van der Waals surface area contributed by atoms with E-state index in [9.17, 15) is 4.79 Å². The van der Waals surface area contributed by atoms with Gasteiger partial charge in [-0.25, -0.2) is 4.98 Å². The first-order chi connectivity index (χ1) is 9.01. The van der Waals surface area contributed by atoms with Gasteiger partial charge in [-0.1, -0.05) is 25.4 Å². The molecule has 104 valence electrons. The molecule has 19 heavy (non-hydrogen) atoms. The topological polar surface area (TPSA) is 36.4 Å². The largest absolute Gasteiger partial charge is 0.369 e. The highest BCUT2D eigenvalue weighted by Gasteiger charge is 2.36. The Labute approximate surface area is 119 Å². The third-order valence-corrected chi connectivity index (χ3v) is 4.24. The highest BCUT2D eigenvalue weighted by Crippen LogP contribution is 2.37. The SMILES string of the molecule is CCC1C(=O)N(C)c2cnc(Cl)cc2N(C)C1CC. The molecule has 2 heterocycles. The van der Waals surface area contributed by atoms with Crippen molar-refractivity contribution in [3.63, 3.8) is 0 Å². The number of rotatable bonds is 2. The number of pyridine rings is 1. The van der Waals surface area contributed by atoms with E-state index >= 15 is 0 Å². The van der Waals surface area contributed by atoms with Gasteiger partial charge in [0.2, 0.25) is 5.91 Å². The molecule has 0 bridgehead atoms. The zero-order valence-electron chi connectivity index (χ0n) is 11.9. The van der Waals surface area contributed by atoms with E-state index in [1.807, 2.05) is 20.2 Å². The quantitative estimate of drug-likeness (QED) is 0.782. The summed E-state index contributed by atoms with van der Waals surface area (Å²) in [6.07, 6.45) is 3.44. The van der Waals surface area contributed by atoms with Crippen molar-refractivity contribution in [2.45, 2.75) is 32.7 Å². The summed E-state index contributed by atoms with van der Waals surface area (Å²) in [5.41, 5.74) is 1.80. The maximum atomic E-state index is 12.6. The van der Waals surface area contributed by atoms with Crippen LogP contribution in [0.2, 0.25) is 5.15 Å². The van der Waals surface area contributed by atoms with Crippen LogP contribution in [0, 0.1) is 5.92 Å². The lowest BCUT2D eigenvalue weighted by molar-refractivity contribution is -0.122. The van der Waals surface area contributed by atoms with Crippen LogP contribution in [-0.4, -0.2) is 31.0 Å². The van der Waals surface area contributed by atoms with Crippen LogP contribution < -0.4 is 9.80 Å². The number of carbonyl (C=O) groups is 1.